The van der Waals surface area contributed by atoms with E-state index in [0.717, 1.165) is 17.2 Å². The van der Waals surface area contributed by atoms with E-state index in [-0.39, 0.29) is 0 Å². The number of hydrogen-bond acceptors (Lipinski definition) is 5. The Hall–Kier alpha value is -3.23. The molecule has 42 heavy (non-hydrogen) atoms. The van der Waals surface area contributed by atoms with Crippen LogP contribution in [0, 0.1) is 0 Å². The maximum Gasteiger partial charge on any atom is 0.460 e. The molecule has 0 aliphatic rings. The van der Waals surface area contributed by atoms with Gasteiger partial charge in [-0.3, -0.25) is 4.55 Å². The van der Waals surface area contributed by atoms with Crippen molar-refractivity contribution in [1.82, 2.24) is 0 Å². The highest BCUT2D eigenvalue weighted by molar-refractivity contribution is 7.87. The van der Waals surface area contributed by atoms with Crippen molar-refractivity contribution in [3.05, 3.63) is 72.8 Å². The van der Waals surface area contributed by atoms with Crippen LogP contribution in [0.3, 0.4) is 0 Å². The van der Waals surface area contributed by atoms with Crippen LogP contribution in [0.4, 0.5) is 39.5 Å². The van der Waals surface area contributed by atoms with E-state index < -0.39 is 41.3 Å². The lowest BCUT2D eigenvalue weighted by Crippen LogP contribution is -2.63. The second-order valence-electron chi connectivity index (χ2n) is 8.07. The molecule has 0 fully saturated rings. The molecular formula is C25H22F9O6PS. The first-order valence-corrected chi connectivity index (χ1v) is 13.9. The molecule has 0 aliphatic carbocycles. The number of hydrogen-bond donors (Lipinski definition) is 1. The van der Waals surface area contributed by atoms with Gasteiger partial charge in [0.05, 0.1) is 21.3 Å². The van der Waals surface area contributed by atoms with E-state index in [9.17, 15) is 47.9 Å². The molecule has 0 aliphatic heterocycles. The fraction of sp³-hybridized carbons (Fsp3) is 0.280. The van der Waals surface area contributed by atoms with Gasteiger partial charge in [0.15, 0.2) is 0 Å². The summed E-state index contributed by atoms with van der Waals surface area (Å²) < 4.78 is 150. The molecule has 17 heteroatoms. The van der Waals surface area contributed by atoms with Crippen LogP contribution in [0.1, 0.15) is 0 Å². The van der Waals surface area contributed by atoms with Crippen molar-refractivity contribution in [2.24, 2.45) is 0 Å². The maximum absolute atomic E-state index is 12.2. The molecule has 232 valence electrons. The fourth-order valence-corrected chi connectivity index (χ4v) is 5.85. The summed E-state index contributed by atoms with van der Waals surface area (Å²) in [5.41, 5.74) is 0. The van der Waals surface area contributed by atoms with Crippen LogP contribution in [0.15, 0.2) is 72.8 Å². The SMILES string of the molecule is COc1ccc(P(c2ccc(OC)cc2)c2ccc(OC)cc2)cc1.O=S(=O)(O)C(F)(F)C(F)(F)C(F)(F)C(F)(F)F. The van der Waals surface area contributed by atoms with Crippen molar-refractivity contribution >= 4 is 34.0 Å². The Balaban J connectivity index is 0.000000319. The van der Waals surface area contributed by atoms with Gasteiger partial charge in [-0.05, 0) is 60.2 Å². The lowest BCUT2D eigenvalue weighted by molar-refractivity contribution is -0.382. The molecule has 0 saturated heterocycles. The van der Waals surface area contributed by atoms with E-state index >= 15 is 0 Å². The van der Waals surface area contributed by atoms with Crippen molar-refractivity contribution in [2.45, 2.75) is 23.3 Å². The van der Waals surface area contributed by atoms with Crippen LogP contribution in [0.5, 0.6) is 17.2 Å². The maximum atomic E-state index is 12.2. The molecule has 0 bridgehead atoms. The monoisotopic (exact) mass is 652 g/mol. The molecule has 6 nitrogen and oxygen atoms in total. The number of alkyl halides is 9. The van der Waals surface area contributed by atoms with E-state index in [2.05, 4.69) is 36.4 Å². The van der Waals surface area contributed by atoms with Gasteiger partial charge in [0.2, 0.25) is 0 Å². The van der Waals surface area contributed by atoms with Gasteiger partial charge in [0, 0.05) is 0 Å². The number of halogens is 9. The first-order valence-electron chi connectivity index (χ1n) is 11.1. The van der Waals surface area contributed by atoms with Crippen LogP contribution in [-0.4, -0.2) is 57.6 Å². The van der Waals surface area contributed by atoms with Gasteiger partial charge in [-0.1, -0.05) is 36.4 Å². The van der Waals surface area contributed by atoms with Gasteiger partial charge in [0.25, 0.3) is 0 Å². The van der Waals surface area contributed by atoms with E-state index in [1.807, 2.05) is 36.4 Å². The van der Waals surface area contributed by atoms with Crippen molar-refractivity contribution in [1.29, 1.82) is 0 Å². The molecule has 0 spiro atoms. The van der Waals surface area contributed by atoms with Gasteiger partial charge in [-0.25, -0.2) is 0 Å². The normalized spacial score (nSPS) is 12.8. The van der Waals surface area contributed by atoms with Gasteiger partial charge in [-0.15, -0.1) is 0 Å². The summed E-state index contributed by atoms with van der Waals surface area (Å²) in [6.07, 6.45) is -7.13. The third-order valence-corrected chi connectivity index (χ3v) is 8.78. The lowest BCUT2D eigenvalue weighted by Gasteiger charge is -2.31. The lowest BCUT2D eigenvalue weighted by atomic mass is 10.1. The molecule has 0 unspecified atom stereocenters. The minimum Gasteiger partial charge on any atom is -0.497 e. The standard InChI is InChI=1S/C21H21O3P.C4HF9O3S/c1-22-16-4-10-19(11-5-16)25(20-12-6-17(23-2)7-13-20)21-14-8-18(24-3)9-15-21;5-1(6,3(9,10)11)2(7,8)4(12,13)17(14,15)16/h4-15H,1-3H3;(H,14,15,16). The Morgan fingerprint density at radius 3 is 1.00 bits per heavy atom. The van der Waals surface area contributed by atoms with Crippen molar-refractivity contribution in [2.75, 3.05) is 21.3 Å². The van der Waals surface area contributed by atoms with Gasteiger partial charge >= 0.3 is 33.4 Å². The summed E-state index contributed by atoms with van der Waals surface area (Å²) in [6, 6.07) is 24.9. The van der Waals surface area contributed by atoms with Crippen molar-refractivity contribution in [3.63, 3.8) is 0 Å². The Bertz CT molecular complexity index is 1300. The highest BCUT2D eigenvalue weighted by Gasteiger charge is 2.85. The summed E-state index contributed by atoms with van der Waals surface area (Å²) in [5, 5.41) is -3.19. The Morgan fingerprint density at radius 2 is 0.810 bits per heavy atom. The number of rotatable bonds is 9. The highest BCUT2D eigenvalue weighted by Crippen LogP contribution is 2.54. The predicted molar refractivity (Wildman–Crippen MR) is 137 cm³/mol. The fourth-order valence-electron chi connectivity index (χ4n) is 3.16. The Morgan fingerprint density at radius 1 is 0.548 bits per heavy atom. The minimum atomic E-state index is -7.37. The van der Waals surface area contributed by atoms with Crippen LogP contribution < -0.4 is 30.1 Å². The molecule has 0 aromatic heterocycles. The molecule has 3 aromatic rings. The average Bonchev–Trinajstić information content (AvgIpc) is 2.93. The summed E-state index contributed by atoms with van der Waals surface area (Å²) in [4.78, 5) is 0. The molecule has 3 rings (SSSR count). The summed E-state index contributed by atoms with van der Waals surface area (Å²) in [6.45, 7) is 0. The zero-order valence-electron chi connectivity index (χ0n) is 21.7. The number of ether oxygens (including phenoxy) is 3. The van der Waals surface area contributed by atoms with Crippen LogP contribution in [0.2, 0.25) is 0 Å². The molecular weight excluding hydrogens is 630 g/mol. The highest BCUT2D eigenvalue weighted by atomic mass is 32.2. The average molecular weight is 652 g/mol. The zero-order valence-corrected chi connectivity index (χ0v) is 23.4. The summed E-state index contributed by atoms with van der Waals surface area (Å²) in [5.74, 6) is -12.1. The third kappa shape index (κ3) is 7.21. The van der Waals surface area contributed by atoms with Gasteiger partial charge in [-0.2, -0.15) is 47.9 Å². The summed E-state index contributed by atoms with van der Waals surface area (Å²) in [7, 11) is -2.78. The minimum absolute atomic E-state index is 0.665. The van der Waals surface area contributed by atoms with E-state index in [0.29, 0.717) is 0 Å². The van der Waals surface area contributed by atoms with Crippen LogP contribution >= 0.6 is 7.92 Å². The van der Waals surface area contributed by atoms with Gasteiger partial charge in [0.1, 0.15) is 17.2 Å². The Kier molecular flexibility index (Phi) is 10.8. The predicted octanol–water partition coefficient (Wildman–Crippen LogP) is 5.77. The molecule has 0 radical (unpaired) electrons. The topological polar surface area (TPSA) is 82.1 Å². The molecule has 0 heterocycles. The van der Waals surface area contributed by atoms with Crippen LogP contribution in [-0.2, 0) is 10.1 Å². The van der Waals surface area contributed by atoms with E-state index in [1.165, 1.54) is 15.9 Å². The quantitative estimate of drug-likeness (QED) is 0.180. The molecule has 3 aromatic carbocycles. The van der Waals surface area contributed by atoms with E-state index in [4.69, 9.17) is 18.8 Å². The molecule has 1 N–H and O–H groups in total. The smallest absolute Gasteiger partial charge is 0.460 e. The first kappa shape index (κ1) is 35.0. The summed E-state index contributed by atoms with van der Waals surface area (Å²) >= 11 is 0. The third-order valence-electron chi connectivity index (χ3n) is 5.43. The first-order chi connectivity index (χ1) is 19.2. The molecule has 0 saturated carbocycles. The molecule has 0 atom stereocenters. The second kappa shape index (κ2) is 13.0. The van der Waals surface area contributed by atoms with E-state index in [1.54, 1.807) is 21.3 Å². The zero-order chi connectivity index (χ0) is 32.1. The van der Waals surface area contributed by atoms with Crippen LogP contribution in [0.25, 0.3) is 0 Å². The Labute approximate surface area is 235 Å². The number of methoxy groups -OCH3 is 3. The largest absolute Gasteiger partial charge is 0.497 e. The van der Waals surface area contributed by atoms with Crippen molar-refractivity contribution < 1.29 is 66.7 Å². The molecule has 0 amide bonds. The second-order valence-corrected chi connectivity index (χ2v) is 11.8. The number of benzene rings is 3. The van der Waals surface area contributed by atoms with Crippen molar-refractivity contribution in [3.8, 4) is 17.2 Å². The van der Waals surface area contributed by atoms with Gasteiger partial charge < -0.3 is 14.2 Å².